The summed E-state index contributed by atoms with van der Waals surface area (Å²) in [5, 5.41) is 10.8. The molecule has 0 aliphatic heterocycles. The number of unbranched alkanes of at least 4 members (excludes halogenated alkanes) is 1. The van der Waals surface area contributed by atoms with Crippen LogP contribution in [0.5, 0.6) is 0 Å². The molecule has 7 heteroatoms. The van der Waals surface area contributed by atoms with Crippen molar-refractivity contribution < 1.29 is 24.2 Å². The molecule has 1 unspecified atom stereocenters. The molecule has 0 bridgehead atoms. The zero-order valence-electron chi connectivity index (χ0n) is 16.6. The fraction of sp³-hybridized carbons (Fsp3) is 0.364. The highest BCUT2D eigenvalue weighted by molar-refractivity contribution is 5.74. The lowest BCUT2D eigenvalue weighted by Crippen LogP contribution is -2.53. The second kappa shape index (κ2) is 12.4. The Hall–Kier alpha value is -3.06. The normalized spacial score (nSPS) is 11.4. The van der Waals surface area contributed by atoms with Crippen molar-refractivity contribution in [3.63, 3.8) is 0 Å². The maximum Gasteiger partial charge on any atom is 0.429 e. The van der Waals surface area contributed by atoms with Crippen LogP contribution in [0, 0.1) is 0 Å². The van der Waals surface area contributed by atoms with Gasteiger partial charge in [-0.25, -0.2) is 20.0 Å². The van der Waals surface area contributed by atoms with E-state index in [0.29, 0.717) is 6.42 Å². The van der Waals surface area contributed by atoms with Crippen LogP contribution < -0.4 is 5.43 Å². The minimum Gasteiger partial charge on any atom is -0.443 e. The molecule has 2 rings (SSSR count). The number of rotatable bonds is 9. The first-order valence-corrected chi connectivity index (χ1v) is 9.72. The Morgan fingerprint density at radius 1 is 0.966 bits per heavy atom. The molecular weight excluding hydrogens is 372 g/mol. The monoisotopic (exact) mass is 400 g/mol. The van der Waals surface area contributed by atoms with Gasteiger partial charge in [0, 0.05) is 0 Å². The molecule has 0 saturated heterocycles. The first-order chi connectivity index (χ1) is 14.1. The molecule has 0 aliphatic rings. The number of nitrogens with one attached hydrogen (secondary N) is 1. The third kappa shape index (κ3) is 7.83. The molecular formula is C22H28N2O5. The fourth-order valence-corrected chi connectivity index (χ4v) is 2.67. The van der Waals surface area contributed by atoms with Crippen molar-refractivity contribution >= 4 is 12.2 Å². The van der Waals surface area contributed by atoms with Gasteiger partial charge in [0.2, 0.25) is 0 Å². The Morgan fingerprint density at radius 3 is 2.03 bits per heavy atom. The maximum absolute atomic E-state index is 12.6. The van der Waals surface area contributed by atoms with E-state index in [0.717, 1.165) is 29.0 Å². The van der Waals surface area contributed by atoms with Crippen LogP contribution in [0.1, 0.15) is 37.3 Å². The average molecular weight is 400 g/mol. The molecule has 2 amide bonds. The van der Waals surface area contributed by atoms with Gasteiger partial charge in [-0.3, -0.25) is 0 Å². The highest BCUT2D eigenvalue weighted by Crippen LogP contribution is 2.11. The minimum absolute atomic E-state index is 0.0584. The molecule has 29 heavy (non-hydrogen) atoms. The lowest BCUT2D eigenvalue weighted by Gasteiger charge is -2.29. The number of benzene rings is 2. The zero-order valence-corrected chi connectivity index (χ0v) is 16.6. The van der Waals surface area contributed by atoms with Crippen molar-refractivity contribution in [2.75, 3.05) is 6.61 Å². The van der Waals surface area contributed by atoms with Gasteiger partial charge in [0.05, 0.1) is 12.6 Å². The molecule has 156 valence electrons. The molecule has 0 heterocycles. The Balaban J connectivity index is 1.98. The molecule has 7 nitrogen and oxygen atoms in total. The molecule has 0 fully saturated rings. The number of aliphatic hydroxyl groups excluding tert-OH is 1. The maximum atomic E-state index is 12.6. The van der Waals surface area contributed by atoms with Crippen LogP contribution in [0.25, 0.3) is 0 Å². The van der Waals surface area contributed by atoms with Crippen molar-refractivity contribution in [2.24, 2.45) is 0 Å². The first kappa shape index (κ1) is 22.2. The summed E-state index contributed by atoms with van der Waals surface area (Å²) in [5.74, 6) is 0. The van der Waals surface area contributed by atoms with E-state index in [2.05, 4.69) is 5.43 Å². The van der Waals surface area contributed by atoms with Crippen LogP contribution >= 0.6 is 0 Å². The molecule has 2 aromatic carbocycles. The molecule has 0 radical (unpaired) electrons. The lowest BCUT2D eigenvalue weighted by molar-refractivity contribution is 0.0295. The number of carbonyl (C=O) groups is 2. The van der Waals surface area contributed by atoms with Crippen molar-refractivity contribution in [3.05, 3.63) is 71.8 Å². The molecule has 2 N–H and O–H groups in total. The van der Waals surface area contributed by atoms with Gasteiger partial charge in [0.15, 0.2) is 0 Å². The molecule has 0 aliphatic carbocycles. The van der Waals surface area contributed by atoms with Crippen LogP contribution in [0.15, 0.2) is 60.7 Å². The number of amides is 2. The van der Waals surface area contributed by atoms with Gasteiger partial charge in [-0.05, 0) is 17.5 Å². The summed E-state index contributed by atoms with van der Waals surface area (Å²) in [6.45, 7) is 1.83. The third-order valence-corrected chi connectivity index (χ3v) is 4.29. The van der Waals surface area contributed by atoms with Crippen LogP contribution in [-0.2, 0) is 22.7 Å². The summed E-state index contributed by atoms with van der Waals surface area (Å²) < 4.78 is 10.5. The number of aliphatic hydroxyl groups is 1. The summed E-state index contributed by atoms with van der Waals surface area (Å²) in [6, 6.07) is 17.8. The van der Waals surface area contributed by atoms with Gasteiger partial charge < -0.3 is 14.6 Å². The standard InChI is InChI=1S/C22H28N2O5/c1-2-3-14-20(15-25)24(22(27)29-17-19-12-8-5-9-13-19)23-21(26)28-16-18-10-6-4-7-11-18/h4-13,20,25H,2-3,14-17H2,1H3,(H,23,26). The quantitative estimate of drug-likeness (QED) is 0.621. The van der Waals surface area contributed by atoms with Gasteiger partial charge >= 0.3 is 12.2 Å². The fourth-order valence-electron chi connectivity index (χ4n) is 2.67. The van der Waals surface area contributed by atoms with E-state index in [1.807, 2.05) is 67.6 Å². The minimum atomic E-state index is -0.791. The van der Waals surface area contributed by atoms with E-state index in [9.17, 15) is 14.7 Å². The van der Waals surface area contributed by atoms with Crippen LogP contribution in [0.2, 0.25) is 0 Å². The number of nitrogens with zero attached hydrogens (tertiary/aromatic N) is 1. The number of carbonyl (C=O) groups excluding carboxylic acids is 2. The predicted octanol–water partition coefficient (Wildman–Crippen LogP) is 4.02. The van der Waals surface area contributed by atoms with E-state index >= 15 is 0 Å². The van der Waals surface area contributed by atoms with Crippen molar-refractivity contribution in [3.8, 4) is 0 Å². The van der Waals surface area contributed by atoms with Crippen LogP contribution in [-0.4, -0.2) is 35.0 Å². The average Bonchev–Trinajstić information content (AvgIpc) is 2.77. The van der Waals surface area contributed by atoms with Crippen molar-refractivity contribution in [1.82, 2.24) is 10.4 Å². The highest BCUT2D eigenvalue weighted by Gasteiger charge is 2.27. The molecule has 0 spiro atoms. The van der Waals surface area contributed by atoms with Crippen molar-refractivity contribution in [1.29, 1.82) is 0 Å². The van der Waals surface area contributed by atoms with Crippen LogP contribution in [0.3, 0.4) is 0 Å². The summed E-state index contributed by atoms with van der Waals surface area (Å²) >= 11 is 0. The second-order valence-electron chi connectivity index (χ2n) is 6.56. The van der Waals surface area contributed by atoms with Gasteiger partial charge in [-0.1, -0.05) is 80.4 Å². The molecule has 2 aromatic rings. The topological polar surface area (TPSA) is 88.1 Å². The molecule has 1 atom stereocenters. The second-order valence-corrected chi connectivity index (χ2v) is 6.56. The number of hydrogen-bond donors (Lipinski definition) is 2. The Bertz CT molecular complexity index is 739. The van der Waals surface area contributed by atoms with Gasteiger partial charge in [0.1, 0.15) is 13.2 Å². The third-order valence-electron chi connectivity index (χ3n) is 4.29. The van der Waals surface area contributed by atoms with Gasteiger partial charge in [-0.2, -0.15) is 0 Å². The largest absolute Gasteiger partial charge is 0.443 e. The number of hydrazine groups is 1. The Morgan fingerprint density at radius 2 is 1.52 bits per heavy atom. The van der Waals surface area contributed by atoms with E-state index < -0.39 is 18.2 Å². The molecule has 0 saturated carbocycles. The zero-order chi connectivity index (χ0) is 20.9. The highest BCUT2D eigenvalue weighted by atomic mass is 16.6. The van der Waals surface area contributed by atoms with Crippen molar-refractivity contribution in [2.45, 2.75) is 45.4 Å². The smallest absolute Gasteiger partial charge is 0.429 e. The summed E-state index contributed by atoms with van der Waals surface area (Å²) in [4.78, 5) is 24.8. The summed E-state index contributed by atoms with van der Waals surface area (Å²) in [7, 11) is 0. The van der Waals surface area contributed by atoms with Crippen LogP contribution in [0.4, 0.5) is 9.59 Å². The van der Waals surface area contributed by atoms with E-state index in [4.69, 9.17) is 9.47 Å². The Kier molecular flexibility index (Phi) is 9.51. The van der Waals surface area contributed by atoms with E-state index in [1.165, 1.54) is 0 Å². The van der Waals surface area contributed by atoms with Gasteiger partial charge in [0.25, 0.3) is 0 Å². The number of hydrogen-bond acceptors (Lipinski definition) is 5. The predicted molar refractivity (Wildman–Crippen MR) is 109 cm³/mol. The van der Waals surface area contributed by atoms with E-state index in [-0.39, 0.29) is 19.8 Å². The SMILES string of the molecule is CCCCC(CO)N(NC(=O)OCc1ccccc1)C(=O)OCc1ccccc1. The first-order valence-electron chi connectivity index (χ1n) is 9.72. The Labute approximate surface area is 171 Å². The molecule has 0 aromatic heterocycles. The van der Waals surface area contributed by atoms with Gasteiger partial charge in [-0.15, -0.1) is 0 Å². The summed E-state index contributed by atoms with van der Waals surface area (Å²) in [5.41, 5.74) is 4.07. The summed E-state index contributed by atoms with van der Waals surface area (Å²) in [6.07, 6.45) is 0.656. The lowest BCUT2D eigenvalue weighted by atomic mass is 10.1. The number of ether oxygens (including phenoxy) is 2. The van der Waals surface area contributed by atoms with E-state index in [1.54, 1.807) is 0 Å².